The standard InChI is InChI=1S/C.Ba.6ClH/h;;6*1H/q+4;+2;;;;;;/p-6. The van der Waals surface area contributed by atoms with Crippen molar-refractivity contribution in [3.05, 3.63) is 7.43 Å². The zero-order valence-corrected chi connectivity index (χ0v) is 12.5. The Kier molecular flexibility index (Phi) is 1120. The SMILES string of the molecule is [Ba+2].[C+4].[Cl-].[Cl-].[Cl-].[Cl-].[Cl-].[Cl-]. The number of halogens is 6. The molecule has 0 aliphatic heterocycles. The molecule has 48 valence electrons. The maximum Gasteiger partial charge on any atom is 4.00 e. The van der Waals surface area contributed by atoms with Gasteiger partial charge in [0, 0.05) is 0 Å². The van der Waals surface area contributed by atoms with Gasteiger partial charge in [0.1, 0.15) is 0 Å². The summed E-state index contributed by atoms with van der Waals surface area (Å²) in [6.07, 6.45) is 0. The van der Waals surface area contributed by atoms with Gasteiger partial charge in [0.25, 0.3) is 0 Å². The van der Waals surface area contributed by atoms with E-state index in [0.717, 1.165) is 0 Å². The van der Waals surface area contributed by atoms with Crippen molar-refractivity contribution in [3.63, 3.8) is 0 Å². The van der Waals surface area contributed by atoms with Crippen LogP contribution < -0.4 is 74.4 Å². The molecule has 0 unspecified atom stereocenters. The Labute approximate surface area is 128 Å². The molecule has 0 spiro atoms. The van der Waals surface area contributed by atoms with Crippen LogP contribution in [0.15, 0.2) is 0 Å². The van der Waals surface area contributed by atoms with Gasteiger partial charge in [0.2, 0.25) is 0 Å². The normalized spacial score (nSPS) is 0. The van der Waals surface area contributed by atoms with Crippen molar-refractivity contribution in [2.45, 2.75) is 0 Å². The van der Waals surface area contributed by atoms with Gasteiger partial charge in [-0.15, -0.1) is 0 Å². The largest absolute Gasteiger partial charge is 4.00 e. The van der Waals surface area contributed by atoms with Gasteiger partial charge in [0.15, 0.2) is 0 Å². The van der Waals surface area contributed by atoms with E-state index in [1.54, 1.807) is 0 Å². The number of hydrogen-bond acceptors (Lipinski definition) is 0. The Morgan fingerprint density at radius 1 is 0.375 bits per heavy atom. The van der Waals surface area contributed by atoms with E-state index in [-0.39, 0.29) is 131 Å². The van der Waals surface area contributed by atoms with E-state index in [1.165, 1.54) is 0 Å². The minimum atomic E-state index is 0. The van der Waals surface area contributed by atoms with E-state index in [9.17, 15) is 0 Å². The second kappa shape index (κ2) is 81.5. The Morgan fingerprint density at radius 3 is 0.375 bits per heavy atom. The summed E-state index contributed by atoms with van der Waals surface area (Å²) in [4.78, 5) is 0. The molecule has 0 fully saturated rings. The summed E-state index contributed by atoms with van der Waals surface area (Å²) >= 11 is 0. The summed E-state index contributed by atoms with van der Waals surface area (Å²) in [7, 11) is 0. The molecule has 0 aromatic heterocycles. The van der Waals surface area contributed by atoms with Crippen LogP contribution in [0.4, 0.5) is 0 Å². The molecule has 0 aromatic carbocycles. The van der Waals surface area contributed by atoms with Gasteiger partial charge in [-0.25, -0.2) is 0 Å². The van der Waals surface area contributed by atoms with E-state index < -0.39 is 0 Å². The van der Waals surface area contributed by atoms with Crippen molar-refractivity contribution in [1.82, 2.24) is 0 Å². The molecule has 0 amide bonds. The maximum atomic E-state index is 0. The summed E-state index contributed by atoms with van der Waals surface area (Å²) in [5, 5.41) is 0. The van der Waals surface area contributed by atoms with Gasteiger partial charge in [0.05, 0.1) is 0 Å². The summed E-state index contributed by atoms with van der Waals surface area (Å²) in [6.45, 7) is 0. The van der Waals surface area contributed by atoms with Gasteiger partial charge in [-0.05, 0) is 0 Å². The fourth-order valence-corrected chi connectivity index (χ4v) is 0. The summed E-state index contributed by atoms with van der Waals surface area (Å²) in [6, 6.07) is 0. The summed E-state index contributed by atoms with van der Waals surface area (Å²) in [5.74, 6) is 0. The summed E-state index contributed by atoms with van der Waals surface area (Å²) < 4.78 is 0. The quantitative estimate of drug-likeness (QED) is 0.376. The Bertz CT molecular complexity index is 8.49. The van der Waals surface area contributed by atoms with Crippen molar-refractivity contribution in [2.75, 3.05) is 0 Å². The molecule has 0 radical (unpaired) electrons. The maximum absolute atomic E-state index is 0. The first-order valence-corrected chi connectivity index (χ1v) is 0. The monoisotopic (exact) mass is 360 g/mol. The van der Waals surface area contributed by atoms with Crippen LogP contribution in [0.5, 0.6) is 0 Å². The molecule has 0 atom stereocenters. The molecule has 0 rings (SSSR count). The molecule has 0 aromatic rings. The second-order valence-electron chi connectivity index (χ2n) is 0. The van der Waals surface area contributed by atoms with E-state index in [0.29, 0.717) is 0 Å². The van der Waals surface area contributed by atoms with Crippen molar-refractivity contribution < 1.29 is 74.4 Å². The first-order chi connectivity index (χ1) is 0. The Hall–Kier alpha value is 3.31. The van der Waals surface area contributed by atoms with Crippen molar-refractivity contribution in [3.8, 4) is 0 Å². The van der Waals surface area contributed by atoms with Crippen LogP contribution in [-0.2, 0) is 0 Å². The zero-order chi connectivity index (χ0) is 0. The van der Waals surface area contributed by atoms with E-state index in [1.807, 2.05) is 0 Å². The average molecular weight is 362 g/mol. The van der Waals surface area contributed by atoms with Crippen molar-refractivity contribution in [1.29, 1.82) is 0 Å². The Balaban J connectivity index is 0. The third-order valence-corrected chi connectivity index (χ3v) is 0. The van der Waals surface area contributed by atoms with Crippen LogP contribution in [0.2, 0.25) is 0 Å². The molecular weight excluding hydrogens is 362 g/mol. The van der Waals surface area contributed by atoms with Gasteiger partial charge < -0.3 is 74.4 Å². The molecule has 7 heteroatoms. The van der Waals surface area contributed by atoms with Crippen molar-refractivity contribution in [2.24, 2.45) is 0 Å². The minimum absolute atomic E-state index is 0. The second-order valence-corrected chi connectivity index (χ2v) is 0. The topological polar surface area (TPSA) is 0 Å². The molecule has 0 aliphatic rings. The minimum Gasteiger partial charge on any atom is -1.00 e. The van der Waals surface area contributed by atoms with Crippen LogP contribution in [0.3, 0.4) is 0 Å². The molecule has 0 saturated heterocycles. The molecule has 0 nitrogen and oxygen atoms in total. The van der Waals surface area contributed by atoms with Gasteiger partial charge >= 0.3 is 56.3 Å². The molecular formula is CBaCl6. The molecule has 0 saturated carbocycles. The van der Waals surface area contributed by atoms with Gasteiger partial charge in [-0.1, -0.05) is 0 Å². The van der Waals surface area contributed by atoms with Crippen LogP contribution in [0.1, 0.15) is 0 Å². The smallest absolute Gasteiger partial charge is 1.00 e. The van der Waals surface area contributed by atoms with Gasteiger partial charge in [-0.2, -0.15) is 0 Å². The zero-order valence-electron chi connectivity index (χ0n) is 3.47. The molecule has 0 heterocycles. The molecule has 0 bridgehead atoms. The number of rotatable bonds is 0. The van der Waals surface area contributed by atoms with Crippen LogP contribution in [0.25, 0.3) is 0 Å². The molecule has 8 heavy (non-hydrogen) atoms. The molecule has 0 aliphatic carbocycles. The predicted octanol–water partition coefficient (Wildman–Crippen LogP) is -18.3. The van der Waals surface area contributed by atoms with E-state index >= 15 is 0 Å². The van der Waals surface area contributed by atoms with Crippen molar-refractivity contribution >= 4 is 48.9 Å². The fraction of sp³-hybridized carbons (Fsp3) is 0. The van der Waals surface area contributed by atoms with E-state index in [4.69, 9.17) is 0 Å². The Morgan fingerprint density at radius 2 is 0.375 bits per heavy atom. The third kappa shape index (κ3) is 58.7. The third-order valence-electron chi connectivity index (χ3n) is 0. The first kappa shape index (κ1) is 110. The van der Waals surface area contributed by atoms with Gasteiger partial charge in [-0.3, -0.25) is 0 Å². The fourth-order valence-electron chi connectivity index (χ4n) is 0. The number of hydrogen-bond donors (Lipinski definition) is 0. The first-order valence-electron chi connectivity index (χ1n) is 0. The summed E-state index contributed by atoms with van der Waals surface area (Å²) in [5.41, 5.74) is 0. The molecule has 0 N–H and O–H groups in total. The predicted molar refractivity (Wildman–Crippen MR) is 9.00 cm³/mol. The van der Waals surface area contributed by atoms with Crippen LogP contribution in [0, 0.1) is 7.43 Å². The van der Waals surface area contributed by atoms with E-state index in [2.05, 4.69) is 0 Å². The van der Waals surface area contributed by atoms with Crippen LogP contribution in [-0.4, -0.2) is 48.9 Å². The average Bonchev–Trinajstić information content (AvgIpc) is 0. The van der Waals surface area contributed by atoms with Crippen LogP contribution >= 0.6 is 0 Å².